The highest BCUT2D eigenvalue weighted by Crippen LogP contribution is 2.21. The molecular weight excluding hydrogens is 275 g/mol. The summed E-state index contributed by atoms with van der Waals surface area (Å²) in [7, 11) is 4.68. The standard InChI is InChI=1S/C14H13FN4O2/c1-17-10-12(18(2)14(21)19(3)13(10)20)16-11(17)8-4-6-9(15)7-5-8/h4-7H,1-3H3. The van der Waals surface area contributed by atoms with Crippen LogP contribution < -0.4 is 11.2 Å². The number of aryl methyl sites for hydroxylation is 2. The van der Waals surface area contributed by atoms with E-state index >= 15 is 0 Å². The maximum atomic E-state index is 13.0. The van der Waals surface area contributed by atoms with Crippen molar-refractivity contribution in [3.05, 3.63) is 50.9 Å². The number of imidazole rings is 1. The zero-order chi connectivity index (χ0) is 15.3. The van der Waals surface area contributed by atoms with Gasteiger partial charge in [0, 0.05) is 26.7 Å². The van der Waals surface area contributed by atoms with Crippen molar-refractivity contribution in [2.75, 3.05) is 0 Å². The summed E-state index contributed by atoms with van der Waals surface area (Å²) in [6.07, 6.45) is 0. The first-order valence-electron chi connectivity index (χ1n) is 6.30. The molecule has 0 aliphatic heterocycles. The van der Waals surface area contributed by atoms with Gasteiger partial charge in [0.05, 0.1) is 0 Å². The van der Waals surface area contributed by atoms with Crippen LogP contribution in [0.15, 0.2) is 33.9 Å². The summed E-state index contributed by atoms with van der Waals surface area (Å²) in [6.45, 7) is 0. The Kier molecular flexibility index (Phi) is 2.79. The van der Waals surface area contributed by atoms with Crippen molar-refractivity contribution in [2.24, 2.45) is 21.1 Å². The van der Waals surface area contributed by atoms with Crippen LogP contribution in [-0.4, -0.2) is 18.7 Å². The van der Waals surface area contributed by atoms with Crippen LogP contribution in [0.4, 0.5) is 4.39 Å². The fourth-order valence-corrected chi connectivity index (χ4v) is 2.38. The number of fused-ring (bicyclic) bond motifs is 1. The number of halogens is 1. The van der Waals surface area contributed by atoms with Crippen LogP contribution in [0.25, 0.3) is 22.6 Å². The summed E-state index contributed by atoms with van der Waals surface area (Å²) in [5.41, 5.74) is 0.473. The fourth-order valence-electron chi connectivity index (χ4n) is 2.38. The molecule has 6 nitrogen and oxygen atoms in total. The smallest absolute Gasteiger partial charge is 0.321 e. The molecule has 0 radical (unpaired) electrons. The van der Waals surface area contributed by atoms with E-state index in [0.717, 1.165) is 4.57 Å². The molecular formula is C14H13FN4O2. The molecule has 0 bridgehead atoms. The van der Waals surface area contributed by atoms with Gasteiger partial charge in [-0.05, 0) is 24.3 Å². The molecule has 1 aromatic carbocycles. The largest absolute Gasteiger partial charge is 0.332 e. The number of nitrogens with zero attached hydrogens (tertiary/aromatic N) is 4. The van der Waals surface area contributed by atoms with Crippen LogP contribution >= 0.6 is 0 Å². The van der Waals surface area contributed by atoms with E-state index in [1.807, 2.05) is 0 Å². The molecule has 0 spiro atoms. The van der Waals surface area contributed by atoms with Crippen molar-refractivity contribution in [2.45, 2.75) is 0 Å². The van der Waals surface area contributed by atoms with Gasteiger partial charge in [0.1, 0.15) is 11.6 Å². The van der Waals surface area contributed by atoms with Crippen LogP contribution in [0.2, 0.25) is 0 Å². The van der Waals surface area contributed by atoms with E-state index < -0.39 is 11.2 Å². The quantitative estimate of drug-likeness (QED) is 0.664. The Balaban J connectivity index is 2.43. The second kappa shape index (κ2) is 4.41. The third-order valence-electron chi connectivity index (χ3n) is 3.58. The lowest BCUT2D eigenvalue weighted by molar-refractivity contribution is 0.628. The molecule has 7 heteroatoms. The van der Waals surface area contributed by atoms with Gasteiger partial charge in [0.25, 0.3) is 5.56 Å². The normalized spacial score (nSPS) is 11.2. The van der Waals surface area contributed by atoms with Gasteiger partial charge in [-0.25, -0.2) is 14.2 Å². The lowest BCUT2D eigenvalue weighted by Crippen LogP contribution is -2.37. The molecule has 0 N–H and O–H groups in total. The van der Waals surface area contributed by atoms with Gasteiger partial charge in [0.2, 0.25) is 0 Å². The minimum Gasteiger partial charge on any atom is -0.321 e. The molecule has 2 heterocycles. The summed E-state index contributed by atoms with van der Waals surface area (Å²) in [5.74, 6) is 0.157. The molecule has 0 fully saturated rings. The predicted molar refractivity (Wildman–Crippen MR) is 76.6 cm³/mol. The van der Waals surface area contributed by atoms with Crippen molar-refractivity contribution in [1.82, 2.24) is 18.7 Å². The maximum absolute atomic E-state index is 13.0. The number of rotatable bonds is 1. The van der Waals surface area contributed by atoms with Gasteiger partial charge in [-0.3, -0.25) is 13.9 Å². The van der Waals surface area contributed by atoms with Crippen LogP contribution in [-0.2, 0) is 21.1 Å². The third kappa shape index (κ3) is 1.81. The SMILES string of the molecule is Cn1c(=O)c2c(nc(-c3ccc(F)cc3)n2C)n(C)c1=O. The minimum absolute atomic E-state index is 0.310. The molecule has 21 heavy (non-hydrogen) atoms. The van der Waals surface area contributed by atoms with Gasteiger partial charge in [0.15, 0.2) is 11.2 Å². The Hall–Kier alpha value is -2.70. The van der Waals surface area contributed by atoms with Gasteiger partial charge in [-0.1, -0.05) is 0 Å². The van der Waals surface area contributed by atoms with E-state index in [9.17, 15) is 14.0 Å². The predicted octanol–water partition coefficient (Wildman–Crippen LogP) is 0.777. The third-order valence-corrected chi connectivity index (χ3v) is 3.58. The van der Waals surface area contributed by atoms with Crippen LogP contribution in [0.1, 0.15) is 0 Å². The van der Waals surface area contributed by atoms with Crippen molar-refractivity contribution >= 4 is 11.2 Å². The molecule has 108 valence electrons. The van der Waals surface area contributed by atoms with E-state index in [4.69, 9.17) is 0 Å². The average molecular weight is 288 g/mol. The Morgan fingerprint density at radius 1 is 0.952 bits per heavy atom. The zero-order valence-electron chi connectivity index (χ0n) is 11.8. The van der Waals surface area contributed by atoms with Crippen molar-refractivity contribution < 1.29 is 4.39 Å². The van der Waals surface area contributed by atoms with Gasteiger partial charge in [-0.2, -0.15) is 0 Å². The molecule has 0 saturated heterocycles. The van der Waals surface area contributed by atoms with Crippen LogP contribution in [0.3, 0.4) is 0 Å². The van der Waals surface area contributed by atoms with E-state index in [2.05, 4.69) is 4.98 Å². The lowest BCUT2D eigenvalue weighted by Gasteiger charge is -2.03. The van der Waals surface area contributed by atoms with Crippen molar-refractivity contribution in [3.8, 4) is 11.4 Å². The maximum Gasteiger partial charge on any atom is 0.332 e. The summed E-state index contributed by atoms with van der Waals surface area (Å²) >= 11 is 0. The highest BCUT2D eigenvalue weighted by atomic mass is 19.1. The minimum atomic E-state index is -0.434. The molecule has 0 aliphatic rings. The summed E-state index contributed by atoms with van der Waals surface area (Å²) in [4.78, 5) is 28.5. The van der Waals surface area contributed by atoms with E-state index in [0.29, 0.717) is 22.6 Å². The van der Waals surface area contributed by atoms with Gasteiger partial charge < -0.3 is 4.57 Å². The number of aromatic nitrogens is 4. The highest BCUT2D eigenvalue weighted by Gasteiger charge is 2.17. The Labute approximate surface area is 118 Å². The molecule has 0 amide bonds. The van der Waals surface area contributed by atoms with Gasteiger partial charge in [-0.15, -0.1) is 0 Å². The molecule has 0 aliphatic carbocycles. The number of benzene rings is 1. The molecule has 0 atom stereocenters. The van der Waals surface area contributed by atoms with Crippen molar-refractivity contribution in [3.63, 3.8) is 0 Å². The fraction of sp³-hybridized carbons (Fsp3) is 0.214. The topological polar surface area (TPSA) is 61.8 Å². The molecule has 0 saturated carbocycles. The summed E-state index contributed by atoms with van der Waals surface area (Å²) < 4.78 is 17.0. The first-order chi connectivity index (χ1) is 9.91. The molecule has 3 aromatic rings. The van der Waals surface area contributed by atoms with E-state index in [1.165, 1.54) is 23.7 Å². The Morgan fingerprint density at radius 3 is 2.19 bits per heavy atom. The summed E-state index contributed by atoms with van der Waals surface area (Å²) in [5, 5.41) is 0. The Morgan fingerprint density at radius 2 is 1.57 bits per heavy atom. The van der Waals surface area contributed by atoms with Gasteiger partial charge >= 0.3 is 5.69 Å². The molecule has 0 unspecified atom stereocenters. The number of hydrogen-bond acceptors (Lipinski definition) is 3. The first kappa shape index (κ1) is 13.3. The number of hydrogen-bond donors (Lipinski definition) is 0. The first-order valence-corrected chi connectivity index (χ1v) is 6.30. The summed E-state index contributed by atoms with van der Waals surface area (Å²) in [6, 6.07) is 5.82. The van der Waals surface area contributed by atoms with E-state index in [-0.39, 0.29) is 5.82 Å². The van der Waals surface area contributed by atoms with Crippen molar-refractivity contribution in [1.29, 1.82) is 0 Å². The van der Waals surface area contributed by atoms with Crippen LogP contribution in [0, 0.1) is 5.82 Å². The second-order valence-corrected chi connectivity index (χ2v) is 4.88. The Bertz CT molecular complexity index is 964. The van der Waals surface area contributed by atoms with Crippen LogP contribution in [0.5, 0.6) is 0 Å². The monoisotopic (exact) mass is 288 g/mol. The zero-order valence-corrected chi connectivity index (χ0v) is 11.8. The molecule has 2 aromatic heterocycles. The highest BCUT2D eigenvalue weighted by molar-refractivity contribution is 5.76. The molecule has 3 rings (SSSR count). The van der Waals surface area contributed by atoms with E-state index in [1.54, 1.807) is 30.8 Å². The second-order valence-electron chi connectivity index (χ2n) is 4.88. The average Bonchev–Trinajstić information content (AvgIpc) is 2.81. The lowest BCUT2D eigenvalue weighted by atomic mass is 10.2.